The third kappa shape index (κ3) is 6.89. The highest BCUT2D eigenvalue weighted by molar-refractivity contribution is 9.10. The van der Waals surface area contributed by atoms with Crippen LogP contribution in [0.2, 0.25) is 0 Å². The number of halogens is 1. The van der Waals surface area contributed by atoms with E-state index in [4.69, 9.17) is 0 Å². The number of rotatable bonds is 6. The minimum atomic E-state index is -0.272. The van der Waals surface area contributed by atoms with Gasteiger partial charge in [0.2, 0.25) is 11.8 Å². The molecule has 3 aromatic rings. The van der Waals surface area contributed by atoms with Crippen molar-refractivity contribution in [2.75, 3.05) is 38.5 Å². The summed E-state index contributed by atoms with van der Waals surface area (Å²) in [7, 11) is 3.73. The van der Waals surface area contributed by atoms with Gasteiger partial charge in [0.25, 0.3) is 11.5 Å². The molecule has 1 unspecified atom stereocenters. The second-order valence-electron chi connectivity index (χ2n) is 12.7. The van der Waals surface area contributed by atoms with E-state index in [1.807, 2.05) is 29.2 Å². The van der Waals surface area contributed by atoms with E-state index in [2.05, 4.69) is 67.9 Å². The number of anilines is 1. The highest BCUT2D eigenvalue weighted by Crippen LogP contribution is 2.33. The van der Waals surface area contributed by atoms with E-state index in [-0.39, 0.29) is 35.2 Å². The Morgan fingerprint density at radius 1 is 0.889 bits per heavy atom. The molecule has 2 aromatic carbocycles. The molecule has 10 nitrogen and oxygen atoms in total. The number of aryl methyl sites for hydroxylation is 1. The van der Waals surface area contributed by atoms with E-state index < -0.39 is 0 Å². The van der Waals surface area contributed by atoms with Crippen LogP contribution < -0.4 is 16.2 Å². The SMILES string of the molecule is CN1C[C@H](Nc2cnn(C)c(=O)c2Br)C[C@H](c2ccc(C(=O)N3CCC(c4ccc(C5CCC(=O)NC5=O)cc4)CC3)cc2)C1. The fourth-order valence-corrected chi connectivity index (χ4v) is 7.48. The highest BCUT2D eigenvalue weighted by Gasteiger charge is 2.30. The Morgan fingerprint density at radius 2 is 1.53 bits per heavy atom. The fourth-order valence-electron chi connectivity index (χ4n) is 7.01. The summed E-state index contributed by atoms with van der Waals surface area (Å²) < 4.78 is 1.79. The number of hydrogen-bond acceptors (Lipinski definition) is 7. The Bertz CT molecular complexity index is 1630. The standard InChI is InChI=1S/C34H39BrN6O4/c1-39-19-26(17-27(20-39)37-29-18-36-40(2)34(45)31(29)35)22-5-9-25(10-6-22)33(44)41-15-13-23(14-16-41)21-3-7-24(8-4-21)28-11-12-30(42)38-32(28)43/h3-10,18,23,26-28,37H,11-17,19-20H2,1-2H3,(H,38,42,43)/t26-,27+,28?/m0/s1. The van der Waals surface area contributed by atoms with Gasteiger partial charge in [0, 0.05) is 51.3 Å². The van der Waals surface area contributed by atoms with Gasteiger partial charge in [-0.1, -0.05) is 36.4 Å². The number of carbonyl (C=O) groups is 3. The summed E-state index contributed by atoms with van der Waals surface area (Å²) in [5.41, 5.74) is 4.61. The molecule has 6 rings (SSSR count). The van der Waals surface area contributed by atoms with Gasteiger partial charge in [-0.2, -0.15) is 5.10 Å². The number of aromatic nitrogens is 2. The van der Waals surface area contributed by atoms with E-state index >= 15 is 0 Å². The van der Waals surface area contributed by atoms with Crippen LogP contribution in [0.3, 0.4) is 0 Å². The molecule has 0 bridgehead atoms. The second kappa shape index (κ2) is 13.3. The maximum absolute atomic E-state index is 13.4. The number of benzene rings is 2. The Morgan fingerprint density at radius 3 is 2.22 bits per heavy atom. The normalized spacial score (nSPS) is 23.1. The van der Waals surface area contributed by atoms with Gasteiger partial charge >= 0.3 is 0 Å². The summed E-state index contributed by atoms with van der Waals surface area (Å²) in [4.78, 5) is 53.7. The maximum Gasteiger partial charge on any atom is 0.282 e. The van der Waals surface area contributed by atoms with Gasteiger partial charge in [-0.3, -0.25) is 24.5 Å². The van der Waals surface area contributed by atoms with Crippen molar-refractivity contribution in [3.63, 3.8) is 0 Å². The van der Waals surface area contributed by atoms with E-state index in [0.29, 0.717) is 53.5 Å². The largest absolute Gasteiger partial charge is 0.379 e. The number of nitrogens with one attached hydrogen (secondary N) is 2. The number of likely N-dealkylation sites (N-methyl/N-ethyl adjacent to an activating group) is 1. The van der Waals surface area contributed by atoms with Gasteiger partial charge in [0.1, 0.15) is 4.47 Å². The van der Waals surface area contributed by atoms with Gasteiger partial charge in [-0.25, -0.2) is 4.68 Å². The molecule has 3 aliphatic heterocycles. The molecule has 3 aliphatic rings. The predicted octanol–water partition coefficient (Wildman–Crippen LogP) is 3.98. The van der Waals surface area contributed by atoms with E-state index in [9.17, 15) is 19.2 Å². The first-order chi connectivity index (χ1) is 21.7. The lowest BCUT2D eigenvalue weighted by molar-refractivity contribution is -0.134. The van der Waals surface area contributed by atoms with Gasteiger partial charge in [-0.05, 0) is 89.3 Å². The van der Waals surface area contributed by atoms with Crippen molar-refractivity contribution in [1.29, 1.82) is 0 Å². The molecule has 3 atom stereocenters. The zero-order valence-electron chi connectivity index (χ0n) is 25.7. The monoisotopic (exact) mass is 674 g/mol. The summed E-state index contributed by atoms with van der Waals surface area (Å²) in [5.74, 6) is 0.0418. The van der Waals surface area contributed by atoms with Crippen molar-refractivity contribution >= 4 is 39.3 Å². The molecule has 236 valence electrons. The highest BCUT2D eigenvalue weighted by atomic mass is 79.9. The van der Waals surface area contributed by atoms with Crippen LogP contribution in [-0.4, -0.2) is 76.6 Å². The summed E-state index contributed by atoms with van der Waals surface area (Å²) in [6.07, 6.45) is 5.29. The van der Waals surface area contributed by atoms with Crippen molar-refractivity contribution in [2.24, 2.45) is 7.05 Å². The number of carbonyl (C=O) groups excluding carboxylic acids is 3. The van der Waals surface area contributed by atoms with Crippen molar-refractivity contribution < 1.29 is 14.4 Å². The summed E-state index contributed by atoms with van der Waals surface area (Å²) in [5, 5.41) is 10.1. The third-order valence-electron chi connectivity index (χ3n) is 9.53. The molecule has 3 fully saturated rings. The van der Waals surface area contributed by atoms with Crippen LogP contribution in [0.1, 0.15) is 76.9 Å². The average Bonchev–Trinajstić information content (AvgIpc) is 3.05. The smallest absolute Gasteiger partial charge is 0.282 e. The lowest BCUT2D eigenvalue weighted by Gasteiger charge is -2.37. The minimum absolute atomic E-state index is 0.0662. The molecule has 0 spiro atoms. The van der Waals surface area contributed by atoms with E-state index in [1.54, 1.807) is 13.2 Å². The van der Waals surface area contributed by atoms with E-state index in [1.165, 1.54) is 15.8 Å². The summed E-state index contributed by atoms with van der Waals surface area (Å²) in [6.45, 7) is 3.18. The van der Waals surface area contributed by atoms with Crippen LogP contribution in [0.15, 0.2) is 64.0 Å². The molecule has 1 aromatic heterocycles. The molecular formula is C34H39BrN6O4. The van der Waals surface area contributed by atoms with Gasteiger partial charge in [0.15, 0.2) is 0 Å². The molecule has 0 aliphatic carbocycles. The Hall–Kier alpha value is -3.83. The quantitative estimate of drug-likeness (QED) is 0.380. The van der Waals surface area contributed by atoms with Gasteiger partial charge in [0.05, 0.1) is 17.8 Å². The first-order valence-electron chi connectivity index (χ1n) is 15.7. The van der Waals surface area contributed by atoms with Gasteiger partial charge < -0.3 is 15.1 Å². The first-order valence-corrected chi connectivity index (χ1v) is 16.4. The average molecular weight is 676 g/mol. The molecular weight excluding hydrogens is 636 g/mol. The Labute approximate surface area is 271 Å². The lowest BCUT2D eigenvalue weighted by Crippen LogP contribution is -2.43. The molecule has 11 heteroatoms. The van der Waals surface area contributed by atoms with E-state index in [0.717, 1.165) is 37.9 Å². The molecule has 4 heterocycles. The molecule has 45 heavy (non-hydrogen) atoms. The Balaban J connectivity index is 1.03. The van der Waals surface area contributed by atoms with Crippen LogP contribution >= 0.6 is 15.9 Å². The fraction of sp³-hybridized carbons (Fsp3) is 0.441. The lowest BCUT2D eigenvalue weighted by atomic mass is 9.85. The van der Waals surface area contributed by atoms with Crippen molar-refractivity contribution in [3.8, 4) is 0 Å². The molecule has 0 radical (unpaired) electrons. The first kappa shape index (κ1) is 31.2. The van der Waals surface area contributed by atoms with Crippen molar-refractivity contribution in [3.05, 3.63) is 91.8 Å². The second-order valence-corrected chi connectivity index (χ2v) is 13.4. The summed E-state index contributed by atoms with van der Waals surface area (Å²) in [6, 6.07) is 16.4. The number of imide groups is 1. The molecule has 3 amide bonds. The maximum atomic E-state index is 13.4. The molecule has 3 saturated heterocycles. The topological polar surface area (TPSA) is 117 Å². The summed E-state index contributed by atoms with van der Waals surface area (Å²) >= 11 is 3.42. The number of hydrogen-bond donors (Lipinski definition) is 2. The third-order valence-corrected chi connectivity index (χ3v) is 10.3. The zero-order chi connectivity index (χ0) is 31.7. The molecule has 0 saturated carbocycles. The zero-order valence-corrected chi connectivity index (χ0v) is 27.3. The minimum Gasteiger partial charge on any atom is -0.379 e. The van der Waals surface area contributed by atoms with Crippen molar-refractivity contribution in [2.45, 2.75) is 55.9 Å². The number of likely N-dealkylation sites (tertiary alicyclic amines) is 2. The number of amides is 3. The number of nitrogens with zero attached hydrogens (tertiary/aromatic N) is 4. The van der Waals surface area contributed by atoms with Gasteiger partial charge in [-0.15, -0.1) is 0 Å². The van der Waals surface area contributed by atoms with Crippen LogP contribution in [-0.2, 0) is 16.6 Å². The van der Waals surface area contributed by atoms with Crippen LogP contribution in [0, 0.1) is 0 Å². The Kier molecular flexibility index (Phi) is 9.18. The molecule has 2 N–H and O–H groups in total. The van der Waals surface area contributed by atoms with Crippen LogP contribution in [0.25, 0.3) is 0 Å². The van der Waals surface area contributed by atoms with Crippen molar-refractivity contribution in [1.82, 2.24) is 24.9 Å². The van der Waals surface area contributed by atoms with Crippen LogP contribution in [0.4, 0.5) is 5.69 Å². The number of piperidine rings is 3. The predicted molar refractivity (Wildman–Crippen MR) is 175 cm³/mol. The van der Waals surface area contributed by atoms with Crippen LogP contribution in [0.5, 0.6) is 0 Å².